The molecule has 1 aromatic rings. The molecule has 3 rings (SSSR count). The molecule has 2 saturated heterocycles. The summed E-state index contributed by atoms with van der Waals surface area (Å²) in [6.45, 7) is 3.13. The first-order chi connectivity index (χ1) is 10.8. The van der Waals surface area contributed by atoms with Crippen molar-refractivity contribution in [2.75, 3.05) is 37.3 Å². The average Bonchev–Trinajstić information content (AvgIpc) is 3.08. The third-order valence-corrected chi connectivity index (χ3v) is 6.92. The van der Waals surface area contributed by atoms with Gasteiger partial charge in [-0.05, 0) is 6.42 Å². The van der Waals surface area contributed by atoms with Gasteiger partial charge in [0.05, 0.1) is 6.26 Å². The van der Waals surface area contributed by atoms with E-state index in [1.54, 1.807) is 0 Å². The molecule has 3 heterocycles. The molecule has 1 N–H and O–H groups in total. The quantitative estimate of drug-likeness (QED) is 0.804. The molecule has 128 valence electrons. The smallest absolute Gasteiger partial charge is 0.313 e. The molecule has 0 radical (unpaired) electrons. The van der Waals surface area contributed by atoms with Crippen LogP contribution in [0, 0.1) is 11.3 Å². The number of carboxylic acid groups (broad SMARTS) is 1. The number of sulfonamides is 1. The van der Waals surface area contributed by atoms with Crippen LogP contribution in [0.15, 0.2) is 0 Å². The van der Waals surface area contributed by atoms with Gasteiger partial charge < -0.3 is 10.0 Å². The molecule has 0 unspecified atom stereocenters. The molecule has 2 fully saturated rings. The number of anilines is 1. The van der Waals surface area contributed by atoms with Gasteiger partial charge in [0, 0.05) is 38.5 Å². The van der Waals surface area contributed by atoms with Gasteiger partial charge in [0.2, 0.25) is 15.2 Å². The van der Waals surface area contributed by atoms with Gasteiger partial charge in [0.1, 0.15) is 10.4 Å². The number of hydrogen-bond acceptors (Lipinski definition) is 7. The summed E-state index contributed by atoms with van der Waals surface area (Å²) >= 11 is 1.49. The van der Waals surface area contributed by atoms with Crippen molar-refractivity contribution in [3.8, 4) is 0 Å². The predicted octanol–water partition coefficient (Wildman–Crippen LogP) is 0.273. The van der Waals surface area contributed by atoms with E-state index in [2.05, 4.69) is 17.1 Å². The van der Waals surface area contributed by atoms with Crippen LogP contribution in [0.3, 0.4) is 0 Å². The molecule has 23 heavy (non-hydrogen) atoms. The molecule has 1 aromatic heterocycles. The van der Waals surface area contributed by atoms with Crippen molar-refractivity contribution in [2.24, 2.45) is 11.3 Å². The zero-order chi connectivity index (χ0) is 16.8. The Morgan fingerprint density at radius 3 is 2.70 bits per heavy atom. The summed E-state index contributed by atoms with van der Waals surface area (Å²) in [5, 5.41) is 19.7. The van der Waals surface area contributed by atoms with Crippen molar-refractivity contribution in [1.82, 2.24) is 14.5 Å². The minimum Gasteiger partial charge on any atom is -0.481 e. The molecular formula is C13H20N4O4S2. The first-order valence-electron chi connectivity index (χ1n) is 7.52. The zero-order valence-electron chi connectivity index (χ0n) is 13.1. The number of aryl methyl sites for hydroxylation is 1. The first kappa shape index (κ1) is 16.6. The van der Waals surface area contributed by atoms with Crippen LogP contribution < -0.4 is 4.90 Å². The van der Waals surface area contributed by atoms with Crippen molar-refractivity contribution in [3.63, 3.8) is 0 Å². The van der Waals surface area contributed by atoms with Crippen LogP contribution in [0.4, 0.5) is 5.13 Å². The zero-order valence-corrected chi connectivity index (χ0v) is 14.7. The Labute approximate surface area is 139 Å². The first-order valence-corrected chi connectivity index (χ1v) is 10.2. The Kier molecular flexibility index (Phi) is 4.09. The van der Waals surface area contributed by atoms with Crippen molar-refractivity contribution in [3.05, 3.63) is 5.01 Å². The van der Waals surface area contributed by atoms with Crippen LogP contribution in [0.25, 0.3) is 0 Å². The number of carbonyl (C=O) groups is 1. The van der Waals surface area contributed by atoms with E-state index in [0.717, 1.165) is 29.2 Å². The van der Waals surface area contributed by atoms with Gasteiger partial charge in [0.15, 0.2) is 0 Å². The molecule has 2 aliphatic rings. The number of nitrogens with zero attached hydrogens (tertiary/aromatic N) is 4. The molecule has 8 nitrogen and oxygen atoms in total. The second-order valence-corrected chi connectivity index (χ2v) is 9.35. The van der Waals surface area contributed by atoms with Crippen LogP contribution in [-0.2, 0) is 21.2 Å². The number of carboxylic acids is 1. The Bertz CT molecular complexity index is 719. The SMILES string of the molecule is CCCc1nnc(N2C[C@@H]3CN(S(C)(=O)=O)C[C@]3(C(=O)O)C2)s1. The third kappa shape index (κ3) is 2.83. The Morgan fingerprint density at radius 2 is 2.13 bits per heavy atom. The van der Waals surface area contributed by atoms with E-state index < -0.39 is 21.4 Å². The van der Waals surface area contributed by atoms with Gasteiger partial charge in [-0.2, -0.15) is 0 Å². The van der Waals surface area contributed by atoms with Crippen LogP contribution in [0.5, 0.6) is 0 Å². The van der Waals surface area contributed by atoms with E-state index in [1.807, 2.05) is 4.90 Å². The fourth-order valence-electron chi connectivity index (χ4n) is 3.41. The van der Waals surface area contributed by atoms with Gasteiger partial charge in [0.25, 0.3) is 0 Å². The maximum atomic E-state index is 11.9. The average molecular weight is 360 g/mol. The van der Waals surface area contributed by atoms with Crippen molar-refractivity contribution >= 4 is 32.5 Å². The van der Waals surface area contributed by atoms with Crippen molar-refractivity contribution < 1.29 is 18.3 Å². The van der Waals surface area contributed by atoms with Gasteiger partial charge in [-0.25, -0.2) is 12.7 Å². The largest absolute Gasteiger partial charge is 0.481 e. The van der Waals surface area contributed by atoms with Crippen LogP contribution >= 0.6 is 11.3 Å². The highest BCUT2D eigenvalue weighted by Gasteiger charge is 2.59. The predicted molar refractivity (Wildman–Crippen MR) is 86.1 cm³/mol. The fraction of sp³-hybridized carbons (Fsp3) is 0.769. The van der Waals surface area contributed by atoms with E-state index in [4.69, 9.17) is 0 Å². The van der Waals surface area contributed by atoms with Crippen LogP contribution in [-0.4, -0.2) is 66.4 Å². The summed E-state index contributed by atoms with van der Waals surface area (Å²) in [6, 6.07) is 0. The van der Waals surface area contributed by atoms with Gasteiger partial charge in [-0.1, -0.05) is 18.3 Å². The number of aliphatic carboxylic acids is 1. The minimum atomic E-state index is -3.38. The minimum absolute atomic E-state index is 0.0307. The molecule has 0 aliphatic carbocycles. The third-order valence-electron chi connectivity index (χ3n) is 4.66. The summed E-state index contributed by atoms with van der Waals surface area (Å²) in [4.78, 5) is 13.8. The fourth-order valence-corrected chi connectivity index (χ4v) is 5.27. The maximum Gasteiger partial charge on any atom is 0.313 e. The normalized spacial score (nSPS) is 28.3. The number of fused-ring (bicyclic) bond motifs is 1. The molecule has 10 heteroatoms. The summed E-state index contributed by atoms with van der Waals surface area (Å²) in [5.41, 5.74) is -1.06. The molecular weight excluding hydrogens is 340 g/mol. The molecule has 2 atom stereocenters. The lowest BCUT2D eigenvalue weighted by molar-refractivity contribution is -0.148. The van der Waals surface area contributed by atoms with Crippen LogP contribution in [0.2, 0.25) is 0 Å². The van der Waals surface area contributed by atoms with E-state index >= 15 is 0 Å². The Morgan fingerprint density at radius 1 is 1.39 bits per heavy atom. The van der Waals surface area contributed by atoms with Gasteiger partial charge in [-0.15, -0.1) is 10.2 Å². The lowest BCUT2D eigenvalue weighted by atomic mass is 9.81. The van der Waals surface area contributed by atoms with Gasteiger partial charge in [-0.3, -0.25) is 4.79 Å². The van der Waals surface area contributed by atoms with Gasteiger partial charge >= 0.3 is 5.97 Å². The molecule has 0 aromatic carbocycles. The Balaban J connectivity index is 1.83. The van der Waals surface area contributed by atoms with E-state index in [1.165, 1.54) is 15.6 Å². The highest BCUT2D eigenvalue weighted by atomic mass is 32.2. The number of aromatic nitrogens is 2. The molecule has 0 bridgehead atoms. The second-order valence-electron chi connectivity index (χ2n) is 6.32. The summed E-state index contributed by atoms with van der Waals surface area (Å²) in [6.07, 6.45) is 2.98. The molecule has 2 aliphatic heterocycles. The highest BCUT2D eigenvalue weighted by Crippen LogP contribution is 2.45. The summed E-state index contributed by atoms with van der Waals surface area (Å²) in [7, 11) is -3.38. The highest BCUT2D eigenvalue weighted by molar-refractivity contribution is 7.88. The topological polar surface area (TPSA) is 104 Å². The summed E-state index contributed by atoms with van der Waals surface area (Å²) < 4.78 is 24.8. The number of rotatable bonds is 5. The van der Waals surface area contributed by atoms with Crippen LogP contribution in [0.1, 0.15) is 18.4 Å². The second kappa shape index (κ2) is 5.67. The van der Waals surface area contributed by atoms with E-state index in [-0.39, 0.29) is 25.6 Å². The number of hydrogen-bond donors (Lipinski definition) is 1. The lowest BCUT2D eigenvalue weighted by Gasteiger charge is -2.24. The monoisotopic (exact) mass is 360 g/mol. The molecule has 0 amide bonds. The van der Waals surface area contributed by atoms with E-state index in [0.29, 0.717) is 6.54 Å². The maximum absolute atomic E-state index is 11.9. The van der Waals surface area contributed by atoms with Crippen molar-refractivity contribution in [1.29, 1.82) is 0 Å². The Hall–Kier alpha value is -1.26. The lowest BCUT2D eigenvalue weighted by Crippen LogP contribution is -2.41. The molecule has 0 saturated carbocycles. The van der Waals surface area contributed by atoms with E-state index in [9.17, 15) is 18.3 Å². The standard InChI is InChI=1S/C13H20N4O4S2/c1-3-4-10-14-15-12(22-10)16-5-9-6-17(23(2,20)21)8-13(9,7-16)11(18)19/h9H,3-8H2,1-2H3,(H,18,19)/t9-,13-/m1/s1. The summed E-state index contributed by atoms with van der Waals surface area (Å²) in [5.74, 6) is -1.16. The molecule has 0 spiro atoms. The van der Waals surface area contributed by atoms with Crippen molar-refractivity contribution in [2.45, 2.75) is 19.8 Å².